The first-order chi connectivity index (χ1) is 9.56. The third kappa shape index (κ3) is 3.61. The van der Waals surface area contributed by atoms with Crippen molar-refractivity contribution in [3.05, 3.63) is 24.2 Å². The molecule has 0 amide bonds. The third-order valence-electron chi connectivity index (χ3n) is 2.36. The van der Waals surface area contributed by atoms with Gasteiger partial charge >= 0.3 is 12.4 Å². The van der Waals surface area contributed by atoms with Crippen molar-refractivity contribution >= 4 is 5.95 Å². The molecule has 0 fully saturated rings. The molecule has 2 heterocycles. The Bertz CT molecular complexity index is 644. The number of nitrogens with zero attached hydrogens (tertiary/aromatic N) is 4. The molecule has 0 spiro atoms. The van der Waals surface area contributed by atoms with Crippen LogP contribution in [0.3, 0.4) is 0 Å². The normalized spacial score (nSPS) is 12.7. The van der Waals surface area contributed by atoms with Crippen LogP contribution in [0.2, 0.25) is 0 Å². The van der Waals surface area contributed by atoms with Crippen LogP contribution in [0.25, 0.3) is 11.3 Å². The fourth-order valence-corrected chi connectivity index (χ4v) is 1.58. The van der Waals surface area contributed by atoms with Gasteiger partial charge in [0.05, 0.1) is 11.9 Å². The molecule has 21 heavy (non-hydrogen) atoms. The lowest BCUT2D eigenvalue weighted by molar-refractivity contribution is -0.142. The molecule has 0 radical (unpaired) electrons. The Labute approximate surface area is 113 Å². The number of rotatable bonds is 2. The highest BCUT2D eigenvalue weighted by Gasteiger charge is 2.36. The van der Waals surface area contributed by atoms with Crippen LogP contribution in [0.1, 0.15) is 5.56 Å². The van der Waals surface area contributed by atoms with E-state index in [0.717, 1.165) is 12.4 Å². The zero-order valence-corrected chi connectivity index (χ0v) is 10.1. The lowest BCUT2D eigenvalue weighted by Crippen LogP contribution is -2.17. The summed E-state index contributed by atoms with van der Waals surface area (Å²) < 4.78 is 75.5. The topological polar surface area (TPSA) is 69.6 Å². The van der Waals surface area contributed by atoms with Gasteiger partial charge in [-0.05, 0) is 0 Å². The van der Waals surface area contributed by atoms with Crippen molar-refractivity contribution < 1.29 is 26.3 Å². The smallest absolute Gasteiger partial charge is 0.368 e. The van der Waals surface area contributed by atoms with E-state index in [1.54, 1.807) is 0 Å². The molecule has 0 saturated heterocycles. The van der Waals surface area contributed by atoms with Crippen LogP contribution in [0.4, 0.5) is 32.3 Å². The molecule has 0 aromatic carbocycles. The molecule has 0 unspecified atom stereocenters. The molecule has 2 aromatic heterocycles. The molecular weight excluding hydrogens is 304 g/mol. The van der Waals surface area contributed by atoms with Crippen molar-refractivity contribution in [3.63, 3.8) is 0 Å². The molecule has 0 bridgehead atoms. The number of hydrogen-bond donors (Lipinski definition) is 1. The third-order valence-corrected chi connectivity index (χ3v) is 2.36. The molecular formula is C10H7F6N5. The number of halogens is 6. The summed E-state index contributed by atoms with van der Waals surface area (Å²) in [4.78, 5) is 6.67. The van der Waals surface area contributed by atoms with Crippen LogP contribution < -0.4 is 5.73 Å². The van der Waals surface area contributed by atoms with Gasteiger partial charge in [-0.15, -0.1) is 0 Å². The zero-order chi connectivity index (χ0) is 15.8. The second-order valence-electron chi connectivity index (χ2n) is 4.03. The first-order valence-corrected chi connectivity index (χ1v) is 5.35. The molecule has 0 aliphatic rings. The Balaban J connectivity index is 2.45. The van der Waals surface area contributed by atoms with E-state index in [-0.39, 0.29) is 5.56 Å². The van der Waals surface area contributed by atoms with Crippen molar-refractivity contribution in [2.24, 2.45) is 0 Å². The van der Waals surface area contributed by atoms with Gasteiger partial charge in [0.1, 0.15) is 12.1 Å². The van der Waals surface area contributed by atoms with Crippen LogP contribution in [-0.2, 0) is 12.7 Å². The van der Waals surface area contributed by atoms with E-state index in [2.05, 4.69) is 15.1 Å². The lowest BCUT2D eigenvalue weighted by atomic mass is 10.1. The maximum absolute atomic E-state index is 12.8. The van der Waals surface area contributed by atoms with E-state index in [1.807, 2.05) is 0 Å². The Morgan fingerprint density at radius 3 is 2.33 bits per heavy atom. The van der Waals surface area contributed by atoms with Crippen LogP contribution >= 0.6 is 0 Å². The van der Waals surface area contributed by atoms with Gasteiger partial charge in [-0.2, -0.15) is 31.4 Å². The Morgan fingerprint density at radius 1 is 1.10 bits per heavy atom. The van der Waals surface area contributed by atoms with E-state index < -0.39 is 36.1 Å². The van der Waals surface area contributed by atoms with E-state index in [1.165, 1.54) is 0 Å². The number of hydrogen-bond acceptors (Lipinski definition) is 4. The SMILES string of the molecule is Nc1ncc(C(F)(F)F)c(-c2cnn(CC(F)(F)F)c2)n1. The number of alkyl halides is 6. The Kier molecular flexibility index (Phi) is 3.51. The van der Waals surface area contributed by atoms with Gasteiger partial charge in [-0.25, -0.2) is 9.97 Å². The second-order valence-corrected chi connectivity index (χ2v) is 4.03. The highest BCUT2D eigenvalue weighted by atomic mass is 19.4. The average molecular weight is 311 g/mol. The average Bonchev–Trinajstić information content (AvgIpc) is 2.73. The summed E-state index contributed by atoms with van der Waals surface area (Å²) in [6.07, 6.45) is -7.18. The van der Waals surface area contributed by atoms with E-state index in [9.17, 15) is 26.3 Å². The standard InChI is InChI=1S/C10H7F6N5/c11-9(12,13)4-21-3-5(1-19-21)7-6(10(14,15)16)2-18-8(17)20-7/h1-3H,4H2,(H2,17,18,20). The molecule has 114 valence electrons. The van der Waals surface area contributed by atoms with Gasteiger partial charge < -0.3 is 5.73 Å². The van der Waals surface area contributed by atoms with Gasteiger partial charge in [0, 0.05) is 18.0 Å². The van der Waals surface area contributed by atoms with Gasteiger partial charge in [0.25, 0.3) is 0 Å². The molecule has 0 aliphatic heterocycles. The fraction of sp³-hybridized carbons (Fsp3) is 0.300. The van der Waals surface area contributed by atoms with Crippen LogP contribution in [0.15, 0.2) is 18.6 Å². The lowest BCUT2D eigenvalue weighted by Gasteiger charge is -2.10. The van der Waals surface area contributed by atoms with Crippen LogP contribution in [-0.4, -0.2) is 25.9 Å². The maximum Gasteiger partial charge on any atom is 0.419 e. The van der Waals surface area contributed by atoms with Gasteiger partial charge in [-0.1, -0.05) is 0 Å². The van der Waals surface area contributed by atoms with Crippen LogP contribution in [0.5, 0.6) is 0 Å². The maximum atomic E-state index is 12.8. The van der Waals surface area contributed by atoms with Gasteiger partial charge in [-0.3, -0.25) is 4.68 Å². The summed E-state index contributed by atoms with van der Waals surface area (Å²) in [6, 6.07) is 0. The Hall–Kier alpha value is -2.33. The highest BCUT2D eigenvalue weighted by Crippen LogP contribution is 2.35. The quantitative estimate of drug-likeness (QED) is 0.865. The van der Waals surface area contributed by atoms with Crippen molar-refractivity contribution in [1.29, 1.82) is 0 Å². The highest BCUT2D eigenvalue weighted by molar-refractivity contribution is 5.62. The van der Waals surface area contributed by atoms with Gasteiger partial charge in [0.2, 0.25) is 5.95 Å². The molecule has 2 N–H and O–H groups in total. The first-order valence-electron chi connectivity index (χ1n) is 5.35. The van der Waals surface area contributed by atoms with Crippen LogP contribution in [0, 0.1) is 0 Å². The minimum atomic E-state index is -4.77. The molecule has 0 aliphatic carbocycles. The predicted octanol–water partition coefficient (Wildman–Crippen LogP) is 2.50. The number of anilines is 1. The van der Waals surface area contributed by atoms with Crippen molar-refractivity contribution in [3.8, 4) is 11.3 Å². The molecule has 0 saturated carbocycles. The van der Waals surface area contributed by atoms with E-state index >= 15 is 0 Å². The van der Waals surface area contributed by atoms with E-state index in [0.29, 0.717) is 10.9 Å². The summed E-state index contributed by atoms with van der Waals surface area (Å²) in [6.45, 7) is -1.42. The summed E-state index contributed by atoms with van der Waals surface area (Å²) in [5.41, 5.74) is 3.16. The monoisotopic (exact) mass is 311 g/mol. The number of aromatic nitrogens is 4. The minimum Gasteiger partial charge on any atom is -0.368 e. The Morgan fingerprint density at radius 2 is 1.76 bits per heavy atom. The largest absolute Gasteiger partial charge is 0.419 e. The second kappa shape index (κ2) is 4.90. The van der Waals surface area contributed by atoms with Gasteiger partial charge in [0.15, 0.2) is 0 Å². The first kappa shape index (κ1) is 15.1. The molecule has 0 atom stereocenters. The molecule has 11 heteroatoms. The zero-order valence-electron chi connectivity index (χ0n) is 10.1. The number of nitrogens with two attached hydrogens (primary N) is 1. The van der Waals surface area contributed by atoms with Crippen molar-refractivity contribution in [2.45, 2.75) is 18.9 Å². The minimum absolute atomic E-state index is 0.235. The fourth-order valence-electron chi connectivity index (χ4n) is 1.58. The summed E-state index contributed by atoms with van der Waals surface area (Å²) in [5, 5.41) is 3.36. The molecule has 2 aromatic rings. The summed E-state index contributed by atoms with van der Waals surface area (Å²) in [5.74, 6) is -0.429. The number of nitrogen functional groups attached to an aromatic ring is 1. The molecule has 2 rings (SSSR count). The molecule has 5 nitrogen and oxygen atoms in total. The predicted molar refractivity (Wildman–Crippen MR) is 58.7 cm³/mol. The van der Waals surface area contributed by atoms with E-state index in [4.69, 9.17) is 5.73 Å². The van der Waals surface area contributed by atoms with Crippen molar-refractivity contribution in [2.75, 3.05) is 5.73 Å². The van der Waals surface area contributed by atoms with Crippen molar-refractivity contribution in [1.82, 2.24) is 19.7 Å². The summed E-state index contributed by atoms with van der Waals surface area (Å²) >= 11 is 0. The summed E-state index contributed by atoms with van der Waals surface area (Å²) in [7, 11) is 0.